The Morgan fingerprint density at radius 2 is 1.82 bits per heavy atom. The maximum Gasteiger partial charge on any atom is 0.214 e. The van der Waals surface area contributed by atoms with E-state index in [1.54, 1.807) is 24.3 Å². The number of carbonyl (C=O) groups is 1. The molecule has 1 aromatic heterocycles. The van der Waals surface area contributed by atoms with Gasteiger partial charge in [0.15, 0.2) is 0 Å². The summed E-state index contributed by atoms with van der Waals surface area (Å²) in [6, 6.07) is 7.92. The molecule has 2 rings (SSSR count). The predicted molar refractivity (Wildman–Crippen MR) is 69.1 cm³/mol. The summed E-state index contributed by atoms with van der Waals surface area (Å²) in [5.74, 6) is -0.344. The van der Waals surface area contributed by atoms with Gasteiger partial charge in [0, 0.05) is 16.8 Å². The summed E-state index contributed by atoms with van der Waals surface area (Å²) in [7, 11) is 0. The Morgan fingerprint density at radius 1 is 1.06 bits per heavy atom. The highest BCUT2D eigenvalue weighted by molar-refractivity contribution is 6.38. The summed E-state index contributed by atoms with van der Waals surface area (Å²) in [5.41, 5.74) is 0.457. The van der Waals surface area contributed by atoms with E-state index < -0.39 is 0 Å². The first-order valence-corrected chi connectivity index (χ1v) is 5.83. The van der Waals surface area contributed by atoms with Gasteiger partial charge in [-0.3, -0.25) is 9.78 Å². The summed E-state index contributed by atoms with van der Waals surface area (Å²) < 4.78 is 0. The molecule has 0 radical (unpaired) electrons. The predicted octanol–water partition coefficient (Wildman–Crippen LogP) is 4.27. The second kappa shape index (κ2) is 5.05. The molecule has 0 fully saturated rings. The van der Waals surface area contributed by atoms with Crippen LogP contribution >= 0.6 is 34.8 Å². The Morgan fingerprint density at radius 3 is 2.53 bits per heavy atom. The number of carbonyl (C=O) groups excluding carboxylic acids is 1. The number of hydrogen-bond donors (Lipinski definition) is 0. The zero-order chi connectivity index (χ0) is 12.4. The van der Waals surface area contributed by atoms with E-state index in [1.807, 2.05) is 0 Å². The van der Waals surface area contributed by atoms with Gasteiger partial charge in [-0.2, -0.15) is 0 Å². The molecule has 5 heteroatoms. The van der Waals surface area contributed by atoms with Gasteiger partial charge < -0.3 is 0 Å². The van der Waals surface area contributed by atoms with Gasteiger partial charge in [-0.15, -0.1) is 0 Å². The summed E-state index contributed by atoms with van der Waals surface area (Å²) in [5, 5.41) is 1.04. The Bertz CT molecular complexity index is 584. The standard InChI is InChI=1S/C12H6Cl3NO/c13-7-3-4-9(14)8(6-7)12(17)11-10(15)2-1-5-16-11/h1-6H. The van der Waals surface area contributed by atoms with E-state index in [4.69, 9.17) is 34.8 Å². The van der Waals surface area contributed by atoms with Crippen LogP contribution in [0.15, 0.2) is 36.5 Å². The van der Waals surface area contributed by atoms with Crippen molar-refractivity contribution in [3.05, 3.63) is 62.9 Å². The van der Waals surface area contributed by atoms with Crippen molar-refractivity contribution in [2.75, 3.05) is 0 Å². The Labute approximate surface area is 113 Å². The molecule has 0 N–H and O–H groups in total. The molecule has 0 aliphatic rings. The van der Waals surface area contributed by atoms with Gasteiger partial charge in [-0.25, -0.2) is 0 Å². The number of nitrogens with zero attached hydrogens (tertiary/aromatic N) is 1. The molecular weight excluding hydrogens is 280 g/mol. The fraction of sp³-hybridized carbons (Fsp3) is 0. The van der Waals surface area contributed by atoms with Crippen molar-refractivity contribution >= 4 is 40.6 Å². The lowest BCUT2D eigenvalue weighted by Gasteiger charge is -2.04. The quantitative estimate of drug-likeness (QED) is 0.772. The van der Waals surface area contributed by atoms with E-state index in [-0.39, 0.29) is 16.5 Å². The van der Waals surface area contributed by atoms with E-state index in [2.05, 4.69) is 4.98 Å². The first-order valence-electron chi connectivity index (χ1n) is 4.70. The average molecular weight is 287 g/mol. The zero-order valence-corrected chi connectivity index (χ0v) is 10.7. The molecule has 0 amide bonds. The van der Waals surface area contributed by atoms with Crippen molar-refractivity contribution < 1.29 is 4.79 Å². The Hall–Kier alpha value is -1.09. The minimum Gasteiger partial charge on any atom is -0.287 e. The van der Waals surface area contributed by atoms with Crippen molar-refractivity contribution in [1.29, 1.82) is 0 Å². The van der Waals surface area contributed by atoms with Gasteiger partial charge in [-0.05, 0) is 30.3 Å². The summed E-state index contributed by atoms with van der Waals surface area (Å²) in [4.78, 5) is 16.1. The van der Waals surface area contributed by atoms with Crippen LogP contribution in [0.5, 0.6) is 0 Å². The van der Waals surface area contributed by atoms with Crippen LogP contribution in [0.3, 0.4) is 0 Å². The van der Waals surface area contributed by atoms with E-state index >= 15 is 0 Å². The molecule has 0 saturated heterocycles. The third-order valence-electron chi connectivity index (χ3n) is 2.15. The van der Waals surface area contributed by atoms with E-state index in [0.29, 0.717) is 15.6 Å². The molecule has 17 heavy (non-hydrogen) atoms. The first-order chi connectivity index (χ1) is 8.09. The lowest BCUT2D eigenvalue weighted by Crippen LogP contribution is -2.05. The second-order valence-electron chi connectivity index (χ2n) is 3.29. The molecule has 0 bridgehead atoms. The number of hydrogen-bond acceptors (Lipinski definition) is 2. The van der Waals surface area contributed by atoms with Gasteiger partial charge in [-0.1, -0.05) is 34.8 Å². The molecule has 0 atom stereocenters. The SMILES string of the molecule is O=C(c1cc(Cl)ccc1Cl)c1ncccc1Cl. The lowest BCUT2D eigenvalue weighted by atomic mass is 10.1. The van der Waals surface area contributed by atoms with E-state index in [9.17, 15) is 4.79 Å². The van der Waals surface area contributed by atoms with Crippen LogP contribution in [-0.4, -0.2) is 10.8 Å². The summed E-state index contributed by atoms with van der Waals surface area (Å²) in [6.45, 7) is 0. The van der Waals surface area contributed by atoms with Crippen molar-refractivity contribution in [3.63, 3.8) is 0 Å². The van der Waals surface area contributed by atoms with Crippen molar-refractivity contribution in [1.82, 2.24) is 4.98 Å². The molecule has 1 aromatic carbocycles. The summed E-state index contributed by atoms with van der Waals surface area (Å²) >= 11 is 17.7. The number of benzene rings is 1. The molecule has 0 aliphatic heterocycles. The molecule has 2 nitrogen and oxygen atoms in total. The maximum atomic E-state index is 12.2. The Kier molecular flexibility index (Phi) is 3.67. The number of rotatable bonds is 2. The molecule has 86 valence electrons. The maximum absolute atomic E-state index is 12.2. The number of halogens is 3. The van der Waals surface area contributed by atoms with Crippen molar-refractivity contribution in [2.24, 2.45) is 0 Å². The number of ketones is 1. The minimum atomic E-state index is -0.344. The molecule has 1 heterocycles. The first kappa shape index (κ1) is 12.4. The summed E-state index contributed by atoms with van der Waals surface area (Å²) in [6.07, 6.45) is 1.50. The van der Waals surface area contributed by atoms with Crippen LogP contribution in [-0.2, 0) is 0 Å². The highest BCUT2D eigenvalue weighted by Crippen LogP contribution is 2.25. The smallest absolute Gasteiger partial charge is 0.214 e. The van der Waals surface area contributed by atoms with Crippen LogP contribution in [0.25, 0.3) is 0 Å². The highest BCUT2D eigenvalue weighted by Gasteiger charge is 2.17. The molecule has 0 unspecified atom stereocenters. The number of pyridine rings is 1. The van der Waals surface area contributed by atoms with Crippen LogP contribution in [0.4, 0.5) is 0 Å². The van der Waals surface area contributed by atoms with E-state index in [1.165, 1.54) is 12.3 Å². The molecule has 0 spiro atoms. The van der Waals surface area contributed by atoms with Gasteiger partial charge in [0.1, 0.15) is 5.69 Å². The number of aromatic nitrogens is 1. The van der Waals surface area contributed by atoms with Gasteiger partial charge in [0.25, 0.3) is 0 Å². The Balaban J connectivity index is 2.51. The molecular formula is C12H6Cl3NO. The van der Waals surface area contributed by atoms with E-state index in [0.717, 1.165) is 0 Å². The largest absolute Gasteiger partial charge is 0.287 e. The van der Waals surface area contributed by atoms with Crippen LogP contribution in [0.1, 0.15) is 16.1 Å². The lowest BCUT2D eigenvalue weighted by molar-refractivity contribution is 0.103. The highest BCUT2D eigenvalue weighted by atomic mass is 35.5. The molecule has 0 aliphatic carbocycles. The fourth-order valence-electron chi connectivity index (χ4n) is 1.35. The third kappa shape index (κ3) is 2.60. The van der Waals surface area contributed by atoms with Crippen LogP contribution in [0, 0.1) is 0 Å². The second-order valence-corrected chi connectivity index (χ2v) is 4.54. The van der Waals surface area contributed by atoms with Gasteiger partial charge in [0.2, 0.25) is 5.78 Å². The molecule has 0 saturated carbocycles. The molecule has 2 aromatic rings. The van der Waals surface area contributed by atoms with Crippen LogP contribution < -0.4 is 0 Å². The minimum absolute atomic E-state index is 0.165. The van der Waals surface area contributed by atoms with Gasteiger partial charge >= 0.3 is 0 Å². The topological polar surface area (TPSA) is 30.0 Å². The fourth-order valence-corrected chi connectivity index (χ4v) is 1.93. The van der Waals surface area contributed by atoms with Gasteiger partial charge in [0.05, 0.1) is 10.0 Å². The zero-order valence-electron chi connectivity index (χ0n) is 8.45. The van der Waals surface area contributed by atoms with Crippen molar-refractivity contribution in [3.8, 4) is 0 Å². The normalized spacial score (nSPS) is 10.3. The monoisotopic (exact) mass is 285 g/mol. The van der Waals surface area contributed by atoms with Crippen molar-refractivity contribution in [2.45, 2.75) is 0 Å². The average Bonchev–Trinajstić information content (AvgIpc) is 2.32. The van der Waals surface area contributed by atoms with Crippen LogP contribution in [0.2, 0.25) is 15.1 Å². The third-order valence-corrected chi connectivity index (χ3v) is 3.02.